The van der Waals surface area contributed by atoms with Gasteiger partial charge in [-0.05, 0) is 123 Å². The van der Waals surface area contributed by atoms with E-state index in [-0.39, 0.29) is 33.6 Å². The highest BCUT2D eigenvalue weighted by atomic mass is 16.6. The van der Waals surface area contributed by atoms with Gasteiger partial charge >= 0.3 is 0 Å². The minimum absolute atomic E-state index is 0.0378. The second kappa shape index (κ2) is 8.56. The second-order valence-electron chi connectivity index (χ2n) is 19.0. The zero-order chi connectivity index (χ0) is 33.4. The Labute approximate surface area is 277 Å². The van der Waals surface area contributed by atoms with Gasteiger partial charge in [0.15, 0.2) is 5.79 Å². The van der Waals surface area contributed by atoms with Crippen LogP contribution >= 0.6 is 0 Å². The third-order valence-corrected chi connectivity index (χ3v) is 14.9. The minimum Gasteiger partial charge on any atom is -0.364 e. The molecule has 0 saturated heterocycles. The molecule has 2 aromatic rings. The van der Waals surface area contributed by atoms with E-state index >= 15 is 0 Å². The van der Waals surface area contributed by atoms with E-state index < -0.39 is 16.6 Å². The first-order valence-corrected chi connectivity index (χ1v) is 17.8. The molecule has 1 heterocycles. The Bertz CT molecular complexity index is 1890. The van der Waals surface area contributed by atoms with Crippen molar-refractivity contribution in [2.45, 2.75) is 125 Å². The monoisotopic (exact) mass is 617 g/mol. The molecule has 0 amide bonds. The molecule has 6 atom stereocenters. The summed E-state index contributed by atoms with van der Waals surface area (Å²) < 4.78 is 6.21. The van der Waals surface area contributed by atoms with E-state index in [2.05, 4.69) is 119 Å². The fraction of sp³-hybridized carbons (Fsp3) is 0.605. The summed E-state index contributed by atoms with van der Waals surface area (Å²) in [6.07, 6.45) is 5.93. The molecular formula is C43H55NO2. The van der Waals surface area contributed by atoms with E-state index in [0.717, 1.165) is 18.6 Å². The van der Waals surface area contributed by atoms with Gasteiger partial charge in [0, 0.05) is 18.7 Å². The van der Waals surface area contributed by atoms with Crippen LogP contribution in [0.4, 0.5) is 0 Å². The number of dihydropyridines is 1. The Kier molecular flexibility index (Phi) is 5.73. The molecule has 244 valence electrons. The lowest BCUT2D eigenvalue weighted by molar-refractivity contribution is -0.134. The van der Waals surface area contributed by atoms with Crippen LogP contribution in [0.15, 0.2) is 63.7 Å². The number of rotatable bonds is 1. The predicted molar refractivity (Wildman–Crippen MR) is 191 cm³/mol. The second-order valence-corrected chi connectivity index (χ2v) is 19.0. The molecule has 3 fully saturated rings. The Balaban J connectivity index is 1.45. The standard InChI is InChI=1S/C43H55NO2/c1-23-34-33(32-25-18-19-29-36(27(25)21-31(32)44-23)40(9,10)39(7,8)22-38(29,5)6)28-20-30(37(2,3)4)24-16-14-15-17-26(24)35(28)42(12)41(34,11)43(42,45)46-13/h14-17,19-20,25,31-32,45H,18,21-22H2,1-13H3. The van der Waals surface area contributed by atoms with Gasteiger partial charge in [0.2, 0.25) is 0 Å². The van der Waals surface area contributed by atoms with E-state index in [9.17, 15) is 5.11 Å². The first-order chi connectivity index (χ1) is 21.2. The van der Waals surface area contributed by atoms with Crippen molar-refractivity contribution in [1.82, 2.24) is 0 Å². The van der Waals surface area contributed by atoms with Gasteiger partial charge < -0.3 is 9.84 Å². The van der Waals surface area contributed by atoms with Gasteiger partial charge in [-0.2, -0.15) is 0 Å². The minimum atomic E-state index is -1.32. The molecule has 2 aromatic carbocycles. The summed E-state index contributed by atoms with van der Waals surface area (Å²) in [6, 6.07) is 11.6. The van der Waals surface area contributed by atoms with E-state index in [0.29, 0.717) is 5.92 Å². The first kappa shape index (κ1) is 30.8. The average Bonchev–Trinajstić information content (AvgIpc) is 3.18. The molecule has 0 aromatic heterocycles. The zero-order valence-corrected chi connectivity index (χ0v) is 30.6. The zero-order valence-electron chi connectivity index (χ0n) is 30.6. The van der Waals surface area contributed by atoms with Gasteiger partial charge in [-0.15, -0.1) is 0 Å². The molecule has 1 N–H and O–H groups in total. The van der Waals surface area contributed by atoms with Gasteiger partial charge in [0.1, 0.15) is 0 Å². The number of aliphatic imine (C=N–C) groups is 1. The third kappa shape index (κ3) is 3.17. The van der Waals surface area contributed by atoms with Gasteiger partial charge in [0.25, 0.3) is 0 Å². The molecule has 5 aliphatic carbocycles. The molecule has 3 saturated carbocycles. The van der Waals surface area contributed by atoms with Crippen LogP contribution in [0.1, 0.15) is 119 Å². The molecule has 0 radical (unpaired) electrons. The number of hydrogen-bond acceptors (Lipinski definition) is 3. The van der Waals surface area contributed by atoms with Crippen molar-refractivity contribution in [1.29, 1.82) is 0 Å². The quantitative estimate of drug-likeness (QED) is 0.324. The summed E-state index contributed by atoms with van der Waals surface area (Å²) in [5, 5.41) is 15.1. The number of aliphatic hydroxyl groups is 1. The number of nitrogens with zero attached hydrogens (tertiary/aromatic N) is 1. The van der Waals surface area contributed by atoms with E-state index in [1.807, 2.05) is 0 Å². The van der Waals surface area contributed by atoms with Crippen molar-refractivity contribution < 1.29 is 9.84 Å². The van der Waals surface area contributed by atoms with E-state index in [4.69, 9.17) is 9.73 Å². The van der Waals surface area contributed by atoms with Crippen LogP contribution in [0.5, 0.6) is 0 Å². The van der Waals surface area contributed by atoms with Gasteiger partial charge in [-0.1, -0.05) is 98.2 Å². The molecular weight excluding hydrogens is 562 g/mol. The van der Waals surface area contributed by atoms with Crippen LogP contribution in [-0.2, 0) is 15.6 Å². The molecule has 0 bridgehead atoms. The van der Waals surface area contributed by atoms with Crippen LogP contribution in [-0.4, -0.2) is 29.8 Å². The lowest BCUT2D eigenvalue weighted by Crippen LogP contribution is -2.47. The maximum atomic E-state index is 12.6. The largest absolute Gasteiger partial charge is 0.364 e. The molecule has 46 heavy (non-hydrogen) atoms. The number of ether oxygens (including phenoxy) is 1. The smallest absolute Gasteiger partial charge is 0.186 e. The Morgan fingerprint density at radius 2 is 1.57 bits per heavy atom. The fourth-order valence-electron chi connectivity index (χ4n) is 12.2. The lowest BCUT2D eigenvalue weighted by atomic mass is 9.47. The van der Waals surface area contributed by atoms with E-state index in [1.54, 1.807) is 23.8 Å². The number of methoxy groups -OCH3 is 1. The summed E-state index contributed by atoms with van der Waals surface area (Å²) in [6.45, 7) is 28.7. The molecule has 0 spiro atoms. The summed E-state index contributed by atoms with van der Waals surface area (Å²) >= 11 is 0. The fourth-order valence-corrected chi connectivity index (χ4v) is 12.2. The van der Waals surface area contributed by atoms with Gasteiger partial charge in [0.05, 0.1) is 16.9 Å². The number of hydrogen-bond donors (Lipinski definition) is 1. The molecule has 6 aliphatic rings. The Morgan fingerprint density at radius 3 is 2.20 bits per heavy atom. The maximum Gasteiger partial charge on any atom is 0.186 e. The summed E-state index contributed by atoms with van der Waals surface area (Å²) in [5.41, 5.74) is 11.8. The van der Waals surface area contributed by atoms with Crippen LogP contribution in [0.25, 0.3) is 16.3 Å². The Morgan fingerprint density at radius 1 is 0.913 bits per heavy atom. The van der Waals surface area contributed by atoms with Crippen molar-refractivity contribution >= 4 is 22.1 Å². The maximum absolute atomic E-state index is 12.6. The highest BCUT2D eigenvalue weighted by Crippen LogP contribution is 2.81. The lowest BCUT2D eigenvalue weighted by Gasteiger charge is -2.57. The predicted octanol–water partition coefficient (Wildman–Crippen LogP) is 10.1. The molecule has 6 unspecified atom stereocenters. The molecule has 8 rings (SSSR count). The summed E-state index contributed by atoms with van der Waals surface area (Å²) in [4.78, 5) is 5.61. The van der Waals surface area contributed by atoms with Crippen LogP contribution < -0.4 is 0 Å². The van der Waals surface area contributed by atoms with Crippen molar-refractivity contribution in [3.8, 4) is 0 Å². The topological polar surface area (TPSA) is 41.8 Å². The molecule has 1 aliphatic heterocycles. The SMILES string of the molecule is COC1(O)C2(C)C3=C(c4cc(C(C)(C)C)c5ccccc5c4C12C)C1C(CC2=C4C(=CCC21)C(C)(C)CC(C)(C)C4(C)C)N=C3C. The number of allylic oxidation sites excluding steroid dienone is 3. The average molecular weight is 618 g/mol. The molecule has 3 nitrogen and oxygen atoms in total. The highest BCUT2D eigenvalue weighted by Gasteiger charge is 2.88. The van der Waals surface area contributed by atoms with Crippen LogP contribution in [0.2, 0.25) is 0 Å². The Hall–Kier alpha value is -2.49. The number of benzene rings is 2. The third-order valence-electron chi connectivity index (χ3n) is 14.9. The van der Waals surface area contributed by atoms with Crippen molar-refractivity contribution in [3.63, 3.8) is 0 Å². The van der Waals surface area contributed by atoms with Crippen LogP contribution in [0, 0.1) is 33.5 Å². The van der Waals surface area contributed by atoms with Gasteiger partial charge in [-0.25, -0.2) is 0 Å². The molecule has 3 heteroatoms. The number of fused-ring (bicyclic) bond motifs is 12. The first-order valence-electron chi connectivity index (χ1n) is 17.8. The van der Waals surface area contributed by atoms with Crippen LogP contribution in [0.3, 0.4) is 0 Å². The normalized spacial score (nSPS) is 37.8. The summed E-state index contributed by atoms with van der Waals surface area (Å²) in [5.74, 6) is -0.631. The van der Waals surface area contributed by atoms with Gasteiger partial charge in [-0.3, -0.25) is 4.99 Å². The van der Waals surface area contributed by atoms with Crippen molar-refractivity contribution in [3.05, 3.63) is 75.4 Å². The van der Waals surface area contributed by atoms with E-state index in [1.165, 1.54) is 45.0 Å². The summed E-state index contributed by atoms with van der Waals surface area (Å²) in [7, 11) is 1.69. The van der Waals surface area contributed by atoms with Crippen molar-refractivity contribution in [2.75, 3.05) is 7.11 Å². The highest BCUT2D eigenvalue weighted by molar-refractivity contribution is 6.13. The van der Waals surface area contributed by atoms with Crippen molar-refractivity contribution in [2.24, 2.45) is 38.5 Å².